The second-order valence-electron chi connectivity index (χ2n) is 11.6. The second-order valence-corrected chi connectivity index (χ2v) is 11.6. The van der Waals surface area contributed by atoms with Gasteiger partial charge in [-0.3, -0.25) is 25.0 Å². The summed E-state index contributed by atoms with van der Waals surface area (Å²) in [6.07, 6.45) is -0.352. The van der Waals surface area contributed by atoms with Gasteiger partial charge in [0.25, 0.3) is 5.91 Å². The molecule has 222 valence electrons. The van der Waals surface area contributed by atoms with Gasteiger partial charge in [-0.2, -0.15) is 0 Å². The van der Waals surface area contributed by atoms with E-state index in [0.29, 0.717) is 26.1 Å². The summed E-state index contributed by atoms with van der Waals surface area (Å²) in [5.74, 6) is -1.29. The Morgan fingerprint density at radius 2 is 1.65 bits per heavy atom. The van der Waals surface area contributed by atoms with Crippen LogP contribution in [0.5, 0.6) is 0 Å². The average molecular weight is 563 g/mol. The lowest BCUT2D eigenvalue weighted by molar-refractivity contribution is -0.162. The molecule has 1 unspecified atom stereocenters. The van der Waals surface area contributed by atoms with Crippen LogP contribution in [0.25, 0.3) is 0 Å². The van der Waals surface area contributed by atoms with Crippen molar-refractivity contribution in [3.63, 3.8) is 0 Å². The molecule has 12 heteroatoms. The summed E-state index contributed by atoms with van der Waals surface area (Å²) in [6.45, 7) is 13.0. The SMILES string of the molecule is CC(=O)C1(CCCNC(=O)OC(C)(C)C)NCCN(CC(=O)OC(C)(C)C)C1=O.O=C1Nc2ccc(cc2)CO1. The van der Waals surface area contributed by atoms with Gasteiger partial charge < -0.3 is 24.4 Å². The third-order valence-electron chi connectivity index (χ3n) is 5.77. The number of amides is 3. The molecule has 0 saturated carbocycles. The molecule has 12 nitrogen and oxygen atoms in total. The molecule has 3 aliphatic rings. The molecule has 2 bridgehead atoms. The average Bonchev–Trinajstić information content (AvgIpc) is 2.80. The van der Waals surface area contributed by atoms with Crippen LogP contribution in [0.3, 0.4) is 0 Å². The summed E-state index contributed by atoms with van der Waals surface area (Å²) in [7, 11) is 0. The van der Waals surface area contributed by atoms with Gasteiger partial charge in [0.15, 0.2) is 11.3 Å². The third-order valence-corrected chi connectivity index (χ3v) is 5.77. The predicted octanol–water partition coefficient (Wildman–Crippen LogP) is 3.14. The van der Waals surface area contributed by atoms with Crippen LogP contribution < -0.4 is 16.0 Å². The van der Waals surface area contributed by atoms with Crippen molar-refractivity contribution in [1.82, 2.24) is 15.5 Å². The standard InChI is InChI=1S/C20H35N3O6.C8H7NO2/c1-14(24)20(9-8-10-21-17(27)29-19(5,6)7)16(26)23(12-11-22-20)13-15(25)28-18(2,3)4;10-8-9-7-3-1-6(2-4-7)5-11-8/h22H,8-13H2,1-7H3,(H,21,27);1-4H,5H2,(H,9,10). The van der Waals surface area contributed by atoms with Crippen LogP contribution in [0.1, 0.15) is 66.9 Å². The highest BCUT2D eigenvalue weighted by molar-refractivity contribution is 6.10. The number of hydrogen-bond acceptors (Lipinski definition) is 9. The van der Waals surface area contributed by atoms with Gasteiger partial charge in [0, 0.05) is 25.3 Å². The molecule has 4 rings (SSSR count). The fraction of sp³-hybridized carbons (Fsp3) is 0.607. The van der Waals surface area contributed by atoms with Gasteiger partial charge in [-0.25, -0.2) is 9.59 Å². The number of Topliss-reactive ketones (excluding diaryl/α,β-unsaturated/α-hetero) is 1. The molecular weight excluding hydrogens is 520 g/mol. The monoisotopic (exact) mass is 562 g/mol. The highest BCUT2D eigenvalue weighted by atomic mass is 16.6. The van der Waals surface area contributed by atoms with E-state index in [-0.39, 0.29) is 31.4 Å². The molecule has 1 fully saturated rings. The lowest BCUT2D eigenvalue weighted by Gasteiger charge is -2.41. The minimum absolute atomic E-state index is 0.196. The fourth-order valence-electron chi connectivity index (χ4n) is 4.02. The molecule has 0 aliphatic carbocycles. The molecule has 3 heterocycles. The highest BCUT2D eigenvalue weighted by Gasteiger charge is 2.47. The lowest BCUT2D eigenvalue weighted by atomic mass is 9.85. The zero-order chi connectivity index (χ0) is 30.1. The van der Waals surface area contributed by atoms with Gasteiger partial charge in [0.2, 0.25) is 0 Å². The number of fused-ring (bicyclic) bond motifs is 5. The first-order chi connectivity index (χ1) is 18.5. The summed E-state index contributed by atoms with van der Waals surface area (Å²) < 4.78 is 15.3. The quantitative estimate of drug-likeness (QED) is 0.197. The number of esters is 1. The predicted molar refractivity (Wildman–Crippen MR) is 148 cm³/mol. The summed E-state index contributed by atoms with van der Waals surface area (Å²) in [5.41, 5.74) is -0.870. The Balaban J connectivity index is 0.000000417. The van der Waals surface area contributed by atoms with Crippen molar-refractivity contribution in [2.24, 2.45) is 0 Å². The van der Waals surface area contributed by atoms with Gasteiger partial charge in [-0.1, -0.05) is 12.1 Å². The smallest absolute Gasteiger partial charge is 0.411 e. The molecule has 40 heavy (non-hydrogen) atoms. The van der Waals surface area contributed by atoms with E-state index in [9.17, 15) is 24.0 Å². The number of ether oxygens (including phenoxy) is 3. The van der Waals surface area contributed by atoms with E-state index in [0.717, 1.165) is 11.3 Å². The maximum atomic E-state index is 13.0. The lowest BCUT2D eigenvalue weighted by Crippen LogP contribution is -2.68. The van der Waals surface area contributed by atoms with Gasteiger partial charge >= 0.3 is 18.2 Å². The van der Waals surface area contributed by atoms with Crippen LogP contribution in [0.15, 0.2) is 24.3 Å². The van der Waals surface area contributed by atoms with E-state index >= 15 is 0 Å². The van der Waals surface area contributed by atoms with Crippen molar-refractivity contribution >= 4 is 35.5 Å². The van der Waals surface area contributed by atoms with E-state index in [1.807, 2.05) is 24.3 Å². The van der Waals surface area contributed by atoms with Gasteiger partial charge in [-0.15, -0.1) is 0 Å². The molecule has 3 N–H and O–H groups in total. The molecular formula is C28H42N4O8. The van der Waals surface area contributed by atoms with Crippen LogP contribution in [0, 0.1) is 0 Å². The molecule has 0 radical (unpaired) electrons. The molecule has 1 atom stereocenters. The molecule has 1 aromatic carbocycles. The molecule has 0 spiro atoms. The summed E-state index contributed by atoms with van der Waals surface area (Å²) in [4.78, 5) is 61.4. The summed E-state index contributed by atoms with van der Waals surface area (Å²) in [5, 5.41) is 8.22. The van der Waals surface area contributed by atoms with Crippen LogP contribution in [0.4, 0.5) is 15.3 Å². The van der Waals surface area contributed by atoms with Crippen LogP contribution in [0.2, 0.25) is 0 Å². The fourth-order valence-corrected chi connectivity index (χ4v) is 4.02. The zero-order valence-electron chi connectivity index (χ0n) is 24.5. The van der Waals surface area contributed by atoms with E-state index < -0.39 is 34.7 Å². The maximum Gasteiger partial charge on any atom is 0.411 e. The first kappa shape index (κ1) is 32.5. The number of hydrogen-bond donors (Lipinski definition) is 3. The Bertz CT molecular complexity index is 1080. The van der Waals surface area contributed by atoms with Crippen molar-refractivity contribution in [3.05, 3.63) is 29.8 Å². The highest BCUT2D eigenvalue weighted by Crippen LogP contribution is 2.22. The first-order valence-corrected chi connectivity index (χ1v) is 13.3. The van der Waals surface area contributed by atoms with Crippen molar-refractivity contribution in [3.8, 4) is 0 Å². The van der Waals surface area contributed by atoms with Crippen LogP contribution >= 0.6 is 0 Å². The molecule has 1 aromatic rings. The number of carbonyl (C=O) groups is 5. The number of piperazine rings is 1. The second kappa shape index (κ2) is 13.6. The Labute approximate surface area is 235 Å². The van der Waals surface area contributed by atoms with Crippen molar-refractivity contribution in [2.75, 3.05) is 31.5 Å². The Morgan fingerprint density at radius 1 is 1.02 bits per heavy atom. The van der Waals surface area contributed by atoms with Crippen molar-refractivity contribution < 1.29 is 38.2 Å². The minimum atomic E-state index is -1.41. The third kappa shape index (κ3) is 10.5. The Hall–Kier alpha value is -3.67. The molecule has 3 aliphatic heterocycles. The zero-order valence-corrected chi connectivity index (χ0v) is 24.5. The molecule has 0 aromatic heterocycles. The molecule has 1 saturated heterocycles. The normalized spacial score (nSPS) is 18.7. The number of alkyl carbamates (subject to hydrolysis) is 1. The number of ketones is 1. The largest absolute Gasteiger partial charge is 0.459 e. The number of benzene rings is 1. The first-order valence-electron chi connectivity index (χ1n) is 13.3. The molecule has 3 amide bonds. The number of nitrogens with one attached hydrogen (secondary N) is 3. The number of carbonyl (C=O) groups excluding carboxylic acids is 5. The number of rotatable bonds is 7. The van der Waals surface area contributed by atoms with Gasteiger partial charge in [0.05, 0.1) is 0 Å². The van der Waals surface area contributed by atoms with E-state index in [2.05, 4.69) is 16.0 Å². The number of nitrogens with zero attached hydrogens (tertiary/aromatic N) is 1. The van der Waals surface area contributed by atoms with Gasteiger partial charge in [-0.05, 0) is 79.0 Å². The van der Waals surface area contributed by atoms with Crippen LogP contribution in [-0.4, -0.2) is 77.7 Å². The minimum Gasteiger partial charge on any atom is -0.459 e. The topological polar surface area (TPSA) is 152 Å². The van der Waals surface area contributed by atoms with E-state index in [4.69, 9.17) is 14.2 Å². The maximum absolute atomic E-state index is 13.0. The summed E-state index contributed by atoms with van der Waals surface area (Å²) in [6, 6.07) is 7.56. The van der Waals surface area contributed by atoms with Crippen LogP contribution in [-0.2, 0) is 35.2 Å². The van der Waals surface area contributed by atoms with Gasteiger partial charge in [0.1, 0.15) is 24.4 Å². The Morgan fingerprint density at radius 3 is 2.23 bits per heavy atom. The van der Waals surface area contributed by atoms with E-state index in [1.54, 1.807) is 41.5 Å². The number of anilines is 1. The Kier molecular flexibility index (Phi) is 11.1. The summed E-state index contributed by atoms with van der Waals surface area (Å²) >= 11 is 0. The van der Waals surface area contributed by atoms with E-state index in [1.165, 1.54) is 11.8 Å². The van der Waals surface area contributed by atoms with Crippen molar-refractivity contribution in [1.29, 1.82) is 0 Å². The van der Waals surface area contributed by atoms with Crippen molar-refractivity contribution in [2.45, 2.75) is 84.7 Å².